The zero-order valence-corrected chi connectivity index (χ0v) is 10.6. The van der Waals surface area contributed by atoms with Crippen LogP contribution in [0.5, 0.6) is 0 Å². The molecular formula is C11H24N2S. The van der Waals surface area contributed by atoms with Crippen LogP contribution in [0, 0.1) is 5.92 Å². The van der Waals surface area contributed by atoms with Crippen molar-refractivity contribution in [2.75, 3.05) is 39.2 Å². The maximum Gasteiger partial charge on any atom is 0.0112 e. The monoisotopic (exact) mass is 216 g/mol. The van der Waals surface area contributed by atoms with E-state index in [1.165, 1.54) is 38.1 Å². The van der Waals surface area contributed by atoms with E-state index in [0.717, 1.165) is 12.0 Å². The molecule has 0 amide bonds. The molecule has 2 unspecified atom stereocenters. The molecule has 2 nitrogen and oxygen atoms in total. The Hall–Kier alpha value is 0.270. The lowest BCUT2D eigenvalue weighted by Gasteiger charge is -2.35. The maximum absolute atomic E-state index is 3.49. The van der Waals surface area contributed by atoms with Crippen LogP contribution in [0.1, 0.15) is 19.3 Å². The second-order valence-corrected chi connectivity index (χ2v) is 5.33. The van der Waals surface area contributed by atoms with Crippen LogP contribution in [0.15, 0.2) is 0 Å². The Bertz CT molecular complexity index is 152. The fraction of sp³-hybridized carbons (Fsp3) is 1.00. The van der Waals surface area contributed by atoms with E-state index in [0.29, 0.717) is 0 Å². The summed E-state index contributed by atoms with van der Waals surface area (Å²) in [4.78, 5) is 2.47. The van der Waals surface area contributed by atoms with Crippen LogP contribution in [0.4, 0.5) is 0 Å². The summed E-state index contributed by atoms with van der Waals surface area (Å²) in [6, 6.07) is 0.727. The van der Waals surface area contributed by atoms with Crippen LogP contribution in [0.25, 0.3) is 0 Å². The Morgan fingerprint density at radius 2 is 2.36 bits per heavy atom. The highest BCUT2D eigenvalue weighted by molar-refractivity contribution is 7.98. The van der Waals surface area contributed by atoms with Crippen LogP contribution >= 0.6 is 11.8 Å². The predicted molar refractivity (Wildman–Crippen MR) is 66.1 cm³/mol. The molecule has 0 aliphatic carbocycles. The molecule has 0 bridgehead atoms. The van der Waals surface area contributed by atoms with Crippen molar-refractivity contribution in [3.63, 3.8) is 0 Å². The van der Waals surface area contributed by atoms with Gasteiger partial charge in [-0.15, -0.1) is 0 Å². The Morgan fingerprint density at radius 3 is 2.93 bits per heavy atom. The molecule has 0 radical (unpaired) electrons. The molecule has 1 fully saturated rings. The van der Waals surface area contributed by atoms with Gasteiger partial charge in [-0.25, -0.2) is 0 Å². The molecule has 3 heteroatoms. The largest absolute Gasteiger partial charge is 0.317 e. The Labute approximate surface area is 92.8 Å². The van der Waals surface area contributed by atoms with Crippen molar-refractivity contribution in [3.8, 4) is 0 Å². The smallest absolute Gasteiger partial charge is 0.0112 e. The van der Waals surface area contributed by atoms with Gasteiger partial charge < -0.3 is 10.2 Å². The second kappa shape index (κ2) is 6.70. The van der Waals surface area contributed by atoms with Gasteiger partial charge >= 0.3 is 0 Å². The molecule has 1 heterocycles. The fourth-order valence-corrected chi connectivity index (χ4v) is 2.88. The predicted octanol–water partition coefficient (Wildman–Crippen LogP) is 1.67. The second-order valence-electron chi connectivity index (χ2n) is 4.34. The van der Waals surface area contributed by atoms with Crippen molar-refractivity contribution >= 4 is 11.8 Å². The number of nitrogens with zero attached hydrogens (tertiary/aromatic N) is 1. The van der Waals surface area contributed by atoms with Gasteiger partial charge in [-0.05, 0) is 57.8 Å². The molecule has 1 aliphatic rings. The minimum absolute atomic E-state index is 0.727. The van der Waals surface area contributed by atoms with Gasteiger partial charge in [0, 0.05) is 12.6 Å². The minimum Gasteiger partial charge on any atom is -0.317 e. The third kappa shape index (κ3) is 3.79. The molecule has 0 aromatic rings. The van der Waals surface area contributed by atoms with Gasteiger partial charge in [-0.2, -0.15) is 11.8 Å². The highest BCUT2D eigenvalue weighted by Crippen LogP contribution is 2.21. The Morgan fingerprint density at radius 1 is 1.57 bits per heavy atom. The number of hydrogen-bond acceptors (Lipinski definition) is 3. The summed E-state index contributed by atoms with van der Waals surface area (Å²) in [5.41, 5.74) is 0. The lowest BCUT2D eigenvalue weighted by molar-refractivity contribution is 0.175. The average molecular weight is 216 g/mol. The molecule has 14 heavy (non-hydrogen) atoms. The van der Waals surface area contributed by atoms with E-state index >= 15 is 0 Å². The van der Waals surface area contributed by atoms with Gasteiger partial charge in [0.1, 0.15) is 0 Å². The normalized spacial score (nSPS) is 26.4. The number of rotatable bonds is 5. The summed E-state index contributed by atoms with van der Waals surface area (Å²) in [5.74, 6) is 2.15. The molecule has 0 spiro atoms. The third-order valence-corrected chi connectivity index (χ3v) is 3.88. The van der Waals surface area contributed by atoms with Crippen LogP contribution in [0.2, 0.25) is 0 Å². The average Bonchev–Trinajstić information content (AvgIpc) is 2.19. The first-order chi connectivity index (χ1) is 6.77. The van der Waals surface area contributed by atoms with Crippen molar-refractivity contribution in [1.29, 1.82) is 0 Å². The summed E-state index contributed by atoms with van der Waals surface area (Å²) in [7, 11) is 4.35. The van der Waals surface area contributed by atoms with E-state index in [1.54, 1.807) is 0 Å². The molecule has 0 aromatic heterocycles. The Balaban J connectivity index is 2.34. The number of thioether (sulfide) groups is 1. The first-order valence-corrected chi connectivity index (χ1v) is 7.02. The zero-order valence-electron chi connectivity index (χ0n) is 9.75. The van der Waals surface area contributed by atoms with Crippen LogP contribution < -0.4 is 5.32 Å². The van der Waals surface area contributed by atoms with Crippen molar-refractivity contribution in [3.05, 3.63) is 0 Å². The minimum atomic E-state index is 0.727. The van der Waals surface area contributed by atoms with E-state index in [4.69, 9.17) is 0 Å². The van der Waals surface area contributed by atoms with E-state index in [2.05, 4.69) is 30.6 Å². The van der Waals surface area contributed by atoms with E-state index in [-0.39, 0.29) is 0 Å². The SMILES string of the molecule is CNC(CCSC)C1CCCN(C)C1. The van der Waals surface area contributed by atoms with Gasteiger partial charge in [-0.1, -0.05) is 0 Å². The zero-order chi connectivity index (χ0) is 10.4. The summed E-state index contributed by atoms with van der Waals surface area (Å²) in [6.45, 7) is 2.56. The molecule has 2 atom stereocenters. The van der Waals surface area contributed by atoms with Gasteiger partial charge in [0.2, 0.25) is 0 Å². The maximum atomic E-state index is 3.49. The summed E-state index contributed by atoms with van der Waals surface area (Å²) >= 11 is 1.96. The lowest BCUT2D eigenvalue weighted by atomic mass is 9.89. The molecule has 1 saturated heterocycles. The van der Waals surface area contributed by atoms with Crippen LogP contribution in [-0.2, 0) is 0 Å². The molecule has 1 aliphatic heterocycles. The van der Waals surface area contributed by atoms with Gasteiger partial charge in [0.25, 0.3) is 0 Å². The summed E-state index contributed by atoms with van der Waals surface area (Å²) < 4.78 is 0. The highest BCUT2D eigenvalue weighted by Gasteiger charge is 2.24. The Kier molecular flexibility index (Phi) is 5.90. The molecule has 1 rings (SSSR count). The van der Waals surface area contributed by atoms with Gasteiger partial charge in [0.15, 0.2) is 0 Å². The molecule has 0 aromatic carbocycles. The van der Waals surface area contributed by atoms with Crippen molar-refractivity contribution in [1.82, 2.24) is 10.2 Å². The molecule has 84 valence electrons. The van der Waals surface area contributed by atoms with Crippen LogP contribution in [-0.4, -0.2) is 50.1 Å². The first-order valence-electron chi connectivity index (χ1n) is 5.62. The quantitative estimate of drug-likeness (QED) is 0.752. The van der Waals surface area contributed by atoms with Crippen LogP contribution in [0.3, 0.4) is 0 Å². The number of likely N-dealkylation sites (tertiary alicyclic amines) is 1. The van der Waals surface area contributed by atoms with E-state index in [1.807, 2.05) is 11.8 Å². The van der Waals surface area contributed by atoms with E-state index < -0.39 is 0 Å². The number of nitrogens with one attached hydrogen (secondary N) is 1. The fourth-order valence-electron chi connectivity index (χ4n) is 2.40. The summed E-state index contributed by atoms with van der Waals surface area (Å²) in [6.07, 6.45) is 6.29. The van der Waals surface area contributed by atoms with Gasteiger partial charge in [-0.3, -0.25) is 0 Å². The summed E-state index contributed by atoms with van der Waals surface area (Å²) in [5, 5.41) is 3.49. The van der Waals surface area contributed by atoms with Crippen molar-refractivity contribution < 1.29 is 0 Å². The molecular weight excluding hydrogens is 192 g/mol. The first kappa shape index (κ1) is 12.3. The van der Waals surface area contributed by atoms with Crippen molar-refractivity contribution in [2.45, 2.75) is 25.3 Å². The molecule has 0 saturated carbocycles. The number of piperidine rings is 1. The van der Waals surface area contributed by atoms with Gasteiger partial charge in [0.05, 0.1) is 0 Å². The standard InChI is InChI=1S/C11H24N2S/c1-12-11(6-8-14-3)10-5-4-7-13(2)9-10/h10-12H,4-9H2,1-3H3. The van der Waals surface area contributed by atoms with Crippen molar-refractivity contribution in [2.24, 2.45) is 5.92 Å². The topological polar surface area (TPSA) is 15.3 Å². The number of hydrogen-bond donors (Lipinski definition) is 1. The molecule has 1 N–H and O–H groups in total. The highest BCUT2D eigenvalue weighted by atomic mass is 32.2. The third-order valence-electron chi connectivity index (χ3n) is 3.23. The van der Waals surface area contributed by atoms with E-state index in [9.17, 15) is 0 Å². The lowest BCUT2D eigenvalue weighted by Crippen LogP contribution is -2.43.